The molecule has 3 unspecified atom stereocenters. The van der Waals surface area contributed by atoms with Gasteiger partial charge in [-0.1, -0.05) is 12.1 Å². The van der Waals surface area contributed by atoms with Crippen LogP contribution in [0.2, 0.25) is 0 Å². The average molecular weight is 288 g/mol. The highest BCUT2D eigenvalue weighted by atomic mass is 16.6. The minimum atomic E-state index is -0.0253. The zero-order chi connectivity index (χ0) is 14.3. The van der Waals surface area contributed by atoms with Gasteiger partial charge in [-0.05, 0) is 31.9 Å². The van der Waals surface area contributed by atoms with Crippen molar-refractivity contribution in [3.05, 3.63) is 24.3 Å². The molecule has 0 radical (unpaired) electrons. The summed E-state index contributed by atoms with van der Waals surface area (Å²) in [6.07, 6.45) is 3.25. The Morgan fingerprint density at radius 1 is 1.29 bits per heavy atom. The van der Waals surface area contributed by atoms with Gasteiger partial charge in [0, 0.05) is 38.3 Å². The predicted molar refractivity (Wildman–Crippen MR) is 84.0 cm³/mol. The molecule has 1 spiro atoms. The number of fused-ring (bicyclic) bond motifs is 1. The maximum absolute atomic E-state index is 6.10. The lowest BCUT2D eigenvalue weighted by molar-refractivity contribution is -0.0865. The van der Waals surface area contributed by atoms with E-state index in [0.29, 0.717) is 12.1 Å². The van der Waals surface area contributed by atoms with Crippen molar-refractivity contribution in [3.8, 4) is 0 Å². The number of hydrogen-bond acceptors (Lipinski definition) is 4. The first-order valence-corrected chi connectivity index (χ1v) is 8.10. The third-order valence-electron chi connectivity index (χ3n) is 5.17. The number of rotatable bonds is 1. The number of anilines is 2. The molecule has 21 heavy (non-hydrogen) atoms. The third-order valence-corrected chi connectivity index (χ3v) is 5.17. The SMILES string of the molecule is CC1CNc2ccccc2N1C1CCOC2(CCOC2)C1. The van der Waals surface area contributed by atoms with Crippen LogP contribution in [0.15, 0.2) is 24.3 Å². The molecule has 3 aliphatic heterocycles. The van der Waals surface area contributed by atoms with Gasteiger partial charge >= 0.3 is 0 Å². The second kappa shape index (κ2) is 5.18. The summed E-state index contributed by atoms with van der Waals surface area (Å²) in [7, 11) is 0. The van der Waals surface area contributed by atoms with Crippen LogP contribution < -0.4 is 10.2 Å². The molecular weight excluding hydrogens is 264 g/mol. The number of para-hydroxylation sites is 2. The van der Waals surface area contributed by atoms with Crippen LogP contribution in [0.1, 0.15) is 26.2 Å². The van der Waals surface area contributed by atoms with Crippen LogP contribution in [-0.2, 0) is 9.47 Å². The van der Waals surface area contributed by atoms with E-state index in [1.165, 1.54) is 11.4 Å². The maximum Gasteiger partial charge on any atom is 0.0956 e. The molecular formula is C17H24N2O2. The van der Waals surface area contributed by atoms with Crippen LogP contribution in [0.4, 0.5) is 11.4 Å². The largest absolute Gasteiger partial charge is 0.381 e. The van der Waals surface area contributed by atoms with Gasteiger partial charge in [0.2, 0.25) is 0 Å². The fourth-order valence-electron chi connectivity index (χ4n) is 4.10. The standard InChI is InChI=1S/C17H24N2O2/c1-13-11-18-15-4-2-3-5-16(15)19(13)14-6-8-21-17(10-14)7-9-20-12-17/h2-5,13-14,18H,6-12H2,1H3. The minimum absolute atomic E-state index is 0.0253. The number of benzene rings is 1. The topological polar surface area (TPSA) is 33.7 Å². The lowest BCUT2D eigenvalue weighted by Gasteiger charge is -2.48. The summed E-state index contributed by atoms with van der Waals surface area (Å²) in [5.74, 6) is 0. The van der Waals surface area contributed by atoms with Gasteiger partial charge in [-0.2, -0.15) is 0 Å². The Labute approximate surface area is 126 Å². The van der Waals surface area contributed by atoms with E-state index in [9.17, 15) is 0 Å². The van der Waals surface area contributed by atoms with Crippen molar-refractivity contribution in [1.82, 2.24) is 0 Å². The van der Waals surface area contributed by atoms with Gasteiger partial charge in [-0.15, -0.1) is 0 Å². The number of hydrogen-bond donors (Lipinski definition) is 1. The van der Waals surface area contributed by atoms with E-state index < -0.39 is 0 Å². The molecule has 1 N–H and O–H groups in total. The van der Waals surface area contributed by atoms with Gasteiger partial charge in [-0.3, -0.25) is 0 Å². The van der Waals surface area contributed by atoms with E-state index >= 15 is 0 Å². The van der Waals surface area contributed by atoms with Crippen molar-refractivity contribution in [1.29, 1.82) is 0 Å². The van der Waals surface area contributed by atoms with Crippen molar-refractivity contribution in [2.75, 3.05) is 36.6 Å². The second-order valence-corrected chi connectivity index (χ2v) is 6.64. The molecule has 114 valence electrons. The molecule has 3 heterocycles. The summed E-state index contributed by atoms with van der Waals surface area (Å²) < 4.78 is 11.7. The Bertz CT molecular complexity index is 513. The van der Waals surface area contributed by atoms with Gasteiger partial charge in [-0.25, -0.2) is 0 Å². The quantitative estimate of drug-likeness (QED) is 0.861. The highest BCUT2D eigenvalue weighted by Crippen LogP contribution is 2.40. The highest BCUT2D eigenvalue weighted by Gasteiger charge is 2.44. The molecule has 3 atom stereocenters. The summed E-state index contributed by atoms with van der Waals surface area (Å²) in [6, 6.07) is 9.74. The van der Waals surface area contributed by atoms with Gasteiger partial charge in [0.05, 0.1) is 23.6 Å². The summed E-state index contributed by atoms with van der Waals surface area (Å²) in [5.41, 5.74) is 2.58. The minimum Gasteiger partial charge on any atom is -0.381 e. The first-order valence-electron chi connectivity index (χ1n) is 8.10. The molecule has 4 rings (SSSR count). The lowest BCUT2D eigenvalue weighted by Crippen LogP contribution is -2.54. The van der Waals surface area contributed by atoms with Crippen LogP contribution in [0.5, 0.6) is 0 Å². The van der Waals surface area contributed by atoms with E-state index in [2.05, 4.69) is 41.4 Å². The molecule has 0 amide bonds. The van der Waals surface area contributed by atoms with E-state index in [0.717, 1.165) is 45.6 Å². The fraction of sp³-hybridized carbons (Fsp3) is 0.647. The van der Waals surface area contributed by atoms with Crippen LogP contribution in [0.25, 0.3) is 0 Å². The van der Waals surface area contributed by atoms with Gasteiger partial charge < -0.3 is 19.7 Å². The number of nitrogens with one attached hydrogen (secondary N) is 1. The summed E-state index contributed by atoms with van der Waals surface area (Å²) in [6.45, 7) is 5.80. The highest BCUT2D eigenvalue weighted by molar-refractivity contribution is 5.73. The zero-order valence-electron chi connectivity index (χ0n) is 12.7. The van der Waals surface area contributed by atoms with Crippen molar-refractivity contribution in [3.63, 3.8) is 0 Å². The van der Waals surface area contributed by atoms with Crippen LogP contribution in [-0.4, -0.2) is 44.1 Å². The Morgan fingerprint density at radius 3 is 3.05 bits per heavy atom. The average Bonchev–Trinajstić information content (AvgIpc) is 2.95. The second-order valence-electron chi connectivity index (χ2n) is 6.64. The van der Waals surface area contributed by atoms with Gasteiger partial charge in [0.15, 0.2) is 0 Å². The molecule has 2 fully saturated rings. The van der Waals surface area contributed by atoms with E-state index in [-0.39, 0.29) is 5.60 Å². The molecule has 4 heteroatoms. The van der Waals surface area contributed by atoms with Crippen molar-refractivity contribution in [2.45, 2.75) is 43.9 Å². The molecule has 0 aliphatic carbocycles. The van der Waals surface area contributed by atoms with Gasteiger partial charge in [0.25, 0.3) is 0 Å². The predicted octanol–water partition coefficient (Wildman–Crippen LogP) is 2.65. The van der Waals surface area contributed by atoms with Gasteiger partial charge in [0.1, 0.15) is 0 Å². The third kappa shape index (κ3) is 2.30. The summed E-state index contributed by atoms with van der Waals surface area (Å²) in [5, 5.41) is 3.54. The number of ether oxygens (including phenoxy) is 2. The molecule has 0 bridgehead atoms. The number of nitrogens with zero attached hydrogens (tertiary/aromatic N) is 1. The Hall–Kier alpha value is -1.26. The maximum atomic E-state index is 6.10. The molecule has 0 aromatic heterocycles. The zero-order valence-corrected chi connectivity index (χ0v) is 12.7. The molecule has 4 nitrogen and oxygen atoms in total. The first kappa shape index (κ1) is 13.4. The van der Waals surface area contributed by atoms with Crippen LogP contribution in [0, 0.1) is 0 Å². The normalized spacial score (nSPS) is 35.6. The van der Waals surface area contributed by atoms with E-state index in [1.807, 2.05) is 0 Å². The molecule has 1 aromatic rings. The fourth-order valence-corrected chi connectivity index (χ4v) is 4.10. The van der Waals surface area contributed by atoms with E-state index in [4.69, 9.17) is 9.47 Å². The van der Waals surface area contributed by atoms with E-state index in [1.54, 1.807) is 0 Å². The summed E-state index contributed by atoms with van der Waals surface area (Å²) in [4.78, 5) is 2.62. The molecule has 3 aliphatic rings. The Balaban J connectivity index is 1.63. The monoisotopic (exact) mass is 288 g/mol. The Kier molecular flexibility index (Phi) is 3.31. The van der Waals surface area contributed by atoms with Crippen molar-refractivity contribution < 1.29 is 9.47 Å². The molecule has 1 aromatic carbocycles. The van der Waals surface area contributed by atoms with Crippen LogP contribution >= 0.6 is 0 Å². The first-order chi connectivity index (χ1) is 10.3. The van der Waals surface area contributed by atoms with Crippen molar-refractivity contribution >= 4 is 11.4 Å². The summed E-state index contributed by atoms with van der Waals surface area (Å²) >= 11 is 0. The molecule has 2 saturated heterocycles. The lowest BCUT2D eigenvalue weighted by atomic mass is 9.87. The van der Waals surface area contributed by atoms with Crippen LogP contribution in [0.3, 0.4) is 0 Å². The smallest absolute Gasteiger partial charge is 0.0956 e. The van der Waals surface area contributed by atoms with Crippen molar-refractivity contribution in [2.24, 2.45) is 0 Å². The Morgan fingerprint density at radius 2 is 2.19 bits per heavy atom. The molecule has 0 saturated carbocycles.